The van der Waals surface area contributed by atoms with Crippen molar-refractivity contribution in [3.63, 3.8) is 0 Å². The van der Waals surface area contributed by atoms with Gasteiger partial charge in [0, 0.05) is 5.54 Å². The van der Waals surface area contributed by atoms with Crippen LogP contribution in [0.5, 0.6) is 11.5 Å². The molecule has 0 bridgehead atoms. The normalized spacial score (nSPS) is 11.1. The summed E-state index contributed by atoms with van der Waals surface area (Å²) in [6, 6.07) is 5.24. The van der Waals surface area contributed by atoms with Gasteiger partial charge in [-0.05, 0) is 32.9 Å². The number of methoxy groups -OCH3 is 2. The van der Waals surface area contributed by atoms with Crippen molar-refractivity contribution in [3.05, 3.63) is 23.8 Å². The Kier molecular flexibility index (Phi) is 5.91. The maximum atomic E-state index is 11.6. The molecular weight excluding hydrogens is 286 g/mol. The number of rotatable bonds is 4. The topological polar surface area (TPSA) is 89.0 Å². The number of ether oxygens (including phenoxy) is 2. The van der Waals surface area contributed by atoms with Gasteiger partial charge in [0.05, 0.1) is 26.0 Å². The van der Waals surface area contributed by atoms with E-state index in [1.165, 1.54) is 20.4 Å². The summed E-state index contributed by atoms with van der Waals surface area (Å²) in [5, 5.41) is 6.30. The zero-order chi connectivity index (χ0) is 16.8. The fraction of sp³-hybridized carbons (Fsp3) is 0.400. The van der Waals surface area contributed by atoms with E-state index in [2.05, 4.69) is 15.8 Å². The Bertz CT molecular complexity index is 554. The van der Waals surface area contributed by atoms with Crippen LogP contribution in [0.4, 0.5) is 0 Å². The van der Waals surface area contributed by atoms with Gasteiger partial charge >= 0.3 is 11.8 Å². The summed E-state index contributed by atoms with van der Waals surface area (Å²) in [4.78, 5) is 23.2. The van der Waals surface area contributed by atoms with E-state index in [1.807, 2.05) is 0 Å². The Labute approximate surface area is 129 Å². The molecule has 0 aliphatic rings. The van der Waals surface area contributed by atoms with Crippen molar-refractivity contribution >= 4 is 18.0 Å². The van der Waals surface area contributed by atoms with Gasteiger partial charge in [-0.1, -0.05) is 6.07 Å². The van der Waals surface area contributed by atoms with E-state index < -0.39 is 17.4 Å². The molecule has 0 saturated heterocycles. The van der Waals surface area contributed by atoms with Crippen LogP contribution >= 0.6 is 0 Å². The van der Waals surface area contributed by atoms with Crippen LogP contribution in [-0.2, 0) is 9.59 Å². The van der Waals surface area contributed by atoms with Crippen LogP contribution in [-0.4, -0.2) is 37.8 Å². The van der Waals surface area contributed by atoms with E-state index in [4.69, 9.17) is 9.47 Å². The molecule has 7 heteroatoms. The van der Waals surface area contributed by atoms with Crippen molar-refractivity contribution in [1.29, 1.82) is 0 Å². The first-order valence-corrected chi connectivity index (χ1v) is 6.65. The standard InChI is InChI=1S/C15H21N3O4/c1-15(2,3)17-13(19)14(20)18-16-9-10-11(21-4)7-6-8-12(10)22-5/h6-9H,1-5H3,(H,17,19)(H,18,20)/b16-9-. The number of carbonyl (C=O) groups is 2. The molecule has 0 heterocycles. The minimum Gasteiger partial charge on any atom is -0.496 e. The lowest BCUT2D eigenvalue weighted by Crippen LogP contribution is -2.47. The van der Waals surface area contributed by atoms with Crippen LogP contribution in [0, 0.1) is 0 Å². The summed E-state index contributed by atoms with van der Waals surface area (Å²) >= 11 is 0. The number of hydrogen-bond acceptors (Lipinski definition) is 5. The molecule has 0 aliphatic carbocycles. The van der Waals surface area contributed by atoms with Gasteiger partial charge in [-0.3, -0.25) is 9.59 Å². The Morgan fingerprint density at radius 3 is 2.09 bits per heavy atom. The first kappa shape index (κ1) is 17.5. The summed E-state index contributed by atoms with van der Waals surface area (Å²) < 4.78 is 10.4. The minimum absolute atomic E-state index is 0.496. The molecule has 2 N–H and O–H groups in total. The lowest BCUT2D eigenvalue weighted by molar-refractivity contribution is -0.140. The van der Waals surface area contributed by atoms with Crippen molar-refractivity contribution < 1.29 is 19.1 Å². The van der Waals surface area contributed by atoms with E-state index in [-0.39, 0.29) is 0 Å². The third-order valence-electron chi connectivity index (χ3n) is 2.52. The Morgan fingerprint density at radius 1 is 1.09 bits per heavy atom. The van der Waals surface area contributed by atoms with Gasteiger partial charge in [-0.2, -0.15) is 5.10 Å². The molecule has 1 aromatic carbocycles. The lowest BCUT2D eigenvalue weighted by Gasteiger charge is -2.19. The molecule has 0 spiro atoms. The van der Waals surface area contributed by atoms with E-state index >= 15 is 0 Å². The Hall–Kier alpha value is -2.57. The van der Waals surface area contributed by atoms with Crippen molar-refractivity contribution in [2.45, 2.75) is 26.3 Å². The van der Waals surface area contributed by atoms with Crippen LogP contribution in [0.1, 0.15) is 26.3 Å². The molecule has 120 valence electrons. The second-order valence-electron chi connectivity index (χ2n) is 5.48. The number of hydrazone groups is 1. The highest BCUT2D eigenvalue weighted by Crippen LogP contribution is 2.25. The fourth-order valence-electron chi connectivity index (χ4n) is 1.61. The molecule has 1 aromatic rings. The van der Waals surface area contributed by atoms with E-state index in [0.717, 1.165) is 0 Å². The first-order chi connectivity index (χ1) is 10.3. The van der Waals surface area contributed by atoms with Crippen LogP contribution in [0.25, 0.3) is 0 Å². The van der Waals surface area contributed by atoms with Crippen LogP contribution < -0.4 is 20.2 Å². The van der Waals surface area contributed by atoms with Gasteiger partial charge in [0.1, 0.15) is 11.5 Å². The summed E-state index contributed by atoms with van der Waals surface area (Å²) in [6.07, 6.45) is 1.36. The largest absolute Gasteiger partial charge is 0.496 e. The van der Waals surface area contributed by atoms with Gasteiger partial charge in [0.15, 0.2) is 0 Å². The maximum Gasteiger partial charge on any atom is 0.329 e. The summed E-state index contributed by atoms with van der Waals surface area (Å²) in [5.74, 6) is -0.523. The molecule has 0 aliphatic heterocycles. The molecule has 22 heavy (non-hydrogen) atoms. The number of benzene rings is 1. The minimum atomic E-state index is -0.847. The zero-order valence-electron chi connectivity index (χ0n) is 13.4. The average molecular weight is 307 g/mol. The van der Waals surface area contributed by atoms with Crippen LogP contribution in [0.3, 0.4) is 0 Å². The van der Waals surface area contributed by atoms with E-state index in [0.29, 0.717) is 17.1 Å². The lowest BCUT2D eigenvalue weighted by atomic mass is 10.1. The highest BCUT2D eigenvalue weighted by atomic mass is 16.5. The SMILES string of the molecule is COc1cccc(OC)c1/C=N\NC(=O)C(=O)NC(C)(C)C. The van der Waals surface area contributed by atoms with Crippen molar-refractivity contribution in [3.8, 4) is 11.5 Å². The van der Waals surface area contributed by atoms with Gasteiger partial charge in [0.25, 0.3) is 0 Å². The first-order valence-electron chi connectivity index (χ1n) is 6.65. The Morgan fingerprint density at radius 2 is 1.64 bits per heavy atom. The van der Waals surface area contributed by atoms with E-state index in [1.54, 1.807) is 39.0 Å². The number of nitrogens with one attached hydrogen (secondary N) is 2. The number of carbonyl (C=O) groups excluding carboxylic acids is 2. The summed E-state index contributed by atoms with van der Waals surface area (Å²) in [7, 11) is 3.03. The van der Waals surface area contributed by atoms with Crippen molar-refractivity contribution in [1.82, 2.24) is 10.7 Å². The van der Waals surface area contributed by atoms with Crippen molar-refractivity contribution in [2.75, 3.05) is 14.2 Å². The van der Waals surface area contributed by atoms with Gasteiger partial charge in [-0.25, -0.2) is 5.43 Å². The van der Waals surface area contributed by atoms with Gasteiger partial charge < -0.3 is 14.8 Å². The smallest absolute Gasteiger partial charge is 0.329 e. The third kappa shape index (κ3) is 5.08. The predicted molar refractivity (Wildman–Crippen MR) is 83.2 cm³/mol. The second-order valence-corrected chi connectivity index (χ2v) is 5.48. The van der Waals surface area contributed by atoms with E-state index in [9.17, 15) is 9.59 Å². The van der Waals surface area contributed by atoms with Gasteiger partial charge in [-0.15, -0.1) is 0 Å². The molecule has 0 atom stereocenters. The molecule has 0 saturated carbocycles. The highest BCUT2D eigenvalue weighted by Gasteiger charge is 2.19. The zero-order valence-corrected chi connectivity index (χ0v) is 13.4. The van der Waals surface area contributed by atoms with Crippen molar-refractivity contribution in [2.24, 2.45) is 5.10 Å². The number of hydrogen-bond donors (Lipinski definition) is 2. The molecule has 0 fully saturated rings. The number of nitrogens with zero attached hydrogens (tertiary/aromatic N) is 1. The monoisotopic (exact) mass is 307 g/mol. The second kappa shape index (κ2) is 7.44. The van der Waals surface area contributed by atoms with Crippen LogP contribution in [0.2, 0.25) is 0 Å². The molecule has 0 unspecified atom stereocenters. The molecular formula is C15H21N3O4. The molecule has 0 aromatic heterocycles. The third-order valence-corrected chi connectivity index (χ3v) is 2.52. The number of amides is 2. The predicted octanol–water partition coefficient (Wildman–Crippen LogP) is 1.07. The molecule has 2 amide bonds. The fourth-order valence-corrected chi connectivity index (χ4v) is 1.61. The quantitative estimate of drug-likeness (QED) is 0.495. The van der Waals surface area contributed by atoms with Gasteiger partial charge in [0.2, 0.25) is 0 Å². The highest BCUT2D eigenvalue weighted by molar-refractivity contribution is 6.35. The maximum absolute atomic E-state index is 11.6. The molecule has 0 radical (unpaired) electrons. The Balaban J connectivity index is 2.78. The summed E-state index contributed by atoms with van der Waals surface area (Å²) in [5.41, 5.74) is 2.23. The molecule has 1 rings (SSSR count). The molecule has 7 nitrogen and oxygen atoms in total. The average Bonchev–Trinajstić information content (AvgIpc) is 2.45. The van der Waals surface area contributed by atoms with Crippen LogP contribution in [0.15, 0.2) is 23.3 Å². The summed E-state index contributed by atoms with van der Waals surface area (Å²) in [6.45, 7) is 5.34.